The highest BCUT2D eigenvalue weighted by molar-refractivity contribution is 6.30. The summed E-state index contributed by atoms with van der Waals surface area (Å²) in [6.45, 7) is 2.25. The van der Waals surface area contributed by atoms with Crippen LogP contribution in [0.4, 0.5) is 5.69 Å². The van der Waals surface area contributed by atoms with Crippen LogP contribution >= 0.6 is 11.6 Å². The first-order chi connectivity index (χ1) is 23.7. The van der Waals surface area contributed by atoms with Crippen molar-refractivity contribution in [3.63, 3.8) is 0 Å². The van der Waals surface area contributed by atoms with E-state index in [1.807, 2.05) is 0 Å². The molecule has 1 N–H and O–H groups in total. The van der Waals surface area contributed by atoms with Gasteiger partial charge in [0.1, 0.15) is 36.5 Å². The summed E-state index contributed by atoms with van der Waals surface area (Å²) in [7, 11) is 0. The van der Waals surface area contributed by atoms with Gasteiger partial charge in [-0.1, -0.05) is 17.7 Å². The monoisotopic (exact) mass is 697 g/mol. The van der Waals surface area contributed by atoms with Gasteiger partial charge < -0.3 is 28.4 Å². The van der Waals surface area contributed by atoms with Crippen LogP contribution in [0.3, 0.4) is 0 Å². The van der Waals surface area contributed by atoms with Crippen molar-refractivity contribution in [2.75, 3.05) is 52.9 Å². The number of nitrogens with zero attached hydrogens (tertiary/aromatic N) is 2. The van der Waals surface area contributed by atoms with Crippen molar-refractivity contribution in [2.45, 2.75) is 18.9 Å². The van der Waals surface area contributed by atoms with Crippen molar-refractivity contribution in [3.05, 3.63) is 86.9 Å². The Kier molecular flexibility index (Phi) is 12.1. The summed E-state index contributed by atoms with van der Waals surface area (Å²) in [5.74, 6) is -1.10. The lowest BCUT2D eigenvalue weighted by Gasteiger charge is -2.27. The lowest BCUT2D eigenvalue weighted by atomic mass is 10.0. The molecule has 3 aromatic rings. The second kappa shape index (κ2) is 16.8. The number of imide groups is 2. The van der Waals surface area contributed by atoms with Gasteiger partial charge in [0.05, 0.1) is 55.7 Å². The summed E-state index contributed by atoms with van der Waals surface area (Å²) in [5.41, 5.74) is -0.0118. The summed E-state index contributed by atoms with van der Waals surface area (Å²) in [6, 6.07) is 14.4. The second-order valence-electron chi connectivity index (χ2n) is 10.6. The van der Waals surface area contributed by atoms with Crippen LogP contribution in [-0.2, 0) is 23.8 Å². The number of nitro groups is 1. The van der Waals surface area contributed by atoms with Crippen molar-refractivity contribution in [2.24, 2.45) is 0 Å². The largest absolute Gasteiger partial charge is 0.491 e. The predicted molar refractivity (Wildman–Crippen MR) is 171 cm³/mol. The molecule has 0 radical (unpaired) electrons. The van der Waals surface area contributed by atoms with Crippen molar-refractivity contribution in [1.82, 2.24) is 10.2 Å². The quantitative estimate of drug-likeness (QED) is 0.0876. The zero-order chi connectivity index (χ0) is 34.8. The molecule has 1 fully saturated rings. The number of benzene rings is 3. The van der Waals surface area contributed by atoms with Crippen LogP contribution in [0, 0.1) is 10.1 Å². The molecule has 0 aromatic heterocycles. The Morgan fingerprint density at radius 3 is 2.06 bits per heavy atom. The van der Waals surface area contributed by atoms with Gasteiger partial charge in [0, 0.05) is 17.5 Å². The highest BCUT2D eigenvalue weighted by atomic mass is 35.5. The van der Waals surface area contributed by atoms with E-state index in [-0.39, 0.29) is 59.4 Å². The predicted octanol–water partition coefficient (Wildman–Crippen LogP) is 3.95. The molecular formula is C33H32ClN3O12. The molecule has 258 valence electrons. The maximum atomic E-state index is 13.1. The number of amides is 4. The molecule has 2 aliphatic heterocycles. The minimum absolute atomic E-state index is 0.0386. The molecule has 3 aromatic carbocycles. The Morgan fingerprint density at radius 2 is 1.41 bits per heavy atom. The van der Waals surface area contributed by atoms with Gasteiger partial charge in [0.25, 0.3) is 11.8 Å². The minimum Gasteiger partial charge on any atom is -0.491 e. The first-order valence-corrected chi connectivity index (χ1v) is 15.7. The minimum atomic E-state index is -1.05. The Labute approximate surface area is 285 Å². The molecule has 2 aliphatic rings. The van der Waals surface area contributed by atoms with Gasteiger partial charge in [-0.05, 0) is 55.0 Å². The van der Waals surface area contributed by atoms with Crippen molar-refractivity contribution < 1.29 is 52.5 Å². The number of hydrogen-bond acceptors (Lipinski definition) is 12. The van der Waals surface area contributed by atoms with E-state index in [1.54, 1.807) is 36.4 Å². The van der Waals surface area contributed by atoms with Gasteiger partial charge in [0.2, 0.25) is 17.6 Å². The second-order valence-corrected chi connectivity index (χ2v) is 11.0. The van der Waals surface area contributed by atoms with Crippen LogP contribution < -0.4 is 19.5 Å². The summed E-state index contributed by atoms with van der Waals surface area (Å²) in [5, 5.41) is 13.6. The van der Waals surface area contributed by atoms with Crippen molar-refractivity contribution in [3.8, 4) is 23.0 Å². The fraction of sp³-hybridized carbons (Fsp3) is 0.333. The zero-order valence-electron chi connectivity index (χ0n) is 26.1. The molecule has 2 heterocycles. The molecule has 4 amide bonds. The lowest BCUT2D eigenvalue weighted by Crippen LogP contribution is -2.54. The van der Waals surface area contributed by atoms with Crippen LogP contribution in [0.15, 0.2) is 60.7 Å². The van der Waals surface area contributed by atoms with E-state index in [4.69, 9.17) is 40.0 Å². The van der Waals surface area contributed by atoms with Gasteiger partial charge >= 0.3 is 5.69 Å². The Hall–Kier alpha value is -5.09. The average Bonchev–Trinajstić information content (AvgIpc) is 3.34. The molecule has 1 saturated heterocycles. The van der Waals surface area contributed by atoms with Gasteiger partial charge in [-0.3, -0.25) is 39.5 Å². The number of nitro benzene ring substituents is 1. The van der Waals surface area contributed by atoms with Crippen LogP contribution in [-0.4, -0.2) is 92.3 Å². The third-order valence-corrected chi connectivity index (χ3v) is 7.56. The fourth-order valence-electron chi connectivity index (χ4n) is 5.03. The molecule has 1 atom stereocenters. The molecule has 0 bridgehead atoms. The highest BCUT2D eigenvalue weighted by Crippen LogP contribution is 2.35. The maximum absolute atomic E-state index is 13.1. The Morgan fingerprint density at radius 1 is 0.776 bits per heavy atom. The number of piperidine rings is 1. The van der Waals surface area contributed by atoms with E-state index in [0.717, 1.165) is 4.90 Å². The third kappa shape index (κ3) is 9.08. The summed E-state index contributed by atoms with van der Waals surface area (Å²) in [6.07, 6.45) is 0.109. The molecule has 15 nitrogen and oxygen atoms in total. The van der Waals surface area contributed by atoms with Gasteiger partial charge in [-0.2, -0.15) is 0 Å². The molecular weight excluding hydrogens is 666 g/mol. The molecule has 0 aliphatic carbocycles. The van der Waals surface area contributed by atoms with E-state index in [0.29, 0.717) is 51.1 Å². The molecule has 16 heteroatoms. The molecule has 5 rings (SSSR count). The molecule has 49 heavy (non-hydrogen) atoms. The number of halogens is 1. The van der Waals surface area contributed by atoms with Crippen LogP contribution in [0.1, 0.15) is 33.6 Å². The van der Waals surface area contributed by atoms with Crippen molar-refractivity contribution in [1.29, 1.82) is 0 Å². The maximum Gasteiger partial charge on any atom is 0.313 e. The number of carbonyl (C=O) groups is 4. The van der Waals surface area contributed by atoms with E-state index < -0.39 is 34.6 Å². The number of fused-ring (bicyclic) bond motifs is 1. The smallest absolute Gasteiger partial charge is 0.313 e. The Balaban J connectivity index is 0.907. The summed E-state index contributed by atoms with van der Waals surface area (Å²) < 4.78 is 33.5. The van der Waals surface area contributed by atoms with Crippen molar-refractivity contribution >= 4 is 40.9 Å². The number of nitrogens with one attached hydrogen (secondary N) is 1. The number of ether oxygens (including phenoxy) is 6. The number of hydrogen-bond donors (Lipinski definition) is 1. The SMILES string of the molecule is O=C1CCC(N2C(=O)c3cccc(OCCOCCOCCOCCOc4ccc(Oc5ccc(Cl)cc5[N+](=O)[O-])cc4)c3C2=O)C(=O)N1. The molecule has 1 unspecified atom stereocenters. The first-order valence-electron chi connectivity index (χ1n) is 15.3. The van der Waals surface area contributed by atoms with Crippen LogP contribution in [0.2, 0.25) is 5.02 Å². The first kappa shape index (κ1) is 35.2. The number of carbonyl (C=O) groups excluding carboxylic acids is 4. The fourth-order valence-corrected chi connectivity index (χ4v) is 5.19. The lowest BCUT2D eigenvalue weighted by molar-refractivity contribution is -0.385. The van der Waals surface area contributed by atoms with Crippen LogP contribution in [0.5, 0.6) is 23.0 Å². The van der Waals surface area contributed by atoms with E-state index in [9.17, 15) is 29.3 Å². The zero-order valence-corrected chi connectivity index (χ0v) is 26.8. The van der Waals surface area contributed by atoms with Gasteiger partial charge in [-0.25, -0.2) is 0 Å². The molecule has 0 spiro atoms. The topological polar surface area (TPSA) is 182 Å². The van der Waals surface area contributed by atoms with E-state index in [2.05, 4.69) is 5.32 Å². The standard InChI is InChI=1S/C33H32ClN3O12/c34-21-4-10-27(26(20-21)37(42)43)49-23-7-5-22(6-8-23)47-18-16-45-14-12-44-13-15-46-17-19-48-28-3-1-2-24-30(28)33(41)36(32(24)40)25-9-11-29(38)35-31(25)39/h1-8,10,20,25H,9,11-19H2,(H,35,38,39). The average molecular weight is 698 g/mol. The summed E-state index contributed by atoms with van der Waals surface area (Å²) in [4.78, 5) is 61.3. The number of rotatable bonds is 18. The van der Waals surface area contributed by atoms with E-state index >= 15 is 0 Å². The normalized spacial score (nSPS) is 15.6. The molecule has 0 saturated carbocycles. The van der Waals surface area contributed by atoms with Gasteiger partial charge in [-0.15, -0.1) is 0 Å². The summed E-state index contributed by atoms with van der Waals surface area (Å²) >= 11 is 5.84. The van der Waals surface area contributed by atoms with E-state index in [1.165, 1.54) is 24.3 Å². The third-order valence-electron chi connectivity index (χ3n) is 7.32. The van der Waals surface area contributed by atoms with Crippen LogP contribution in [0.25, 0.3) is 0 Å². The highest BCUT2D eigenvalue weighted by Gasteiger charge is 2.46. The van der Waals surface area contributed by atoms with Gasteiger partial charge in [0.15, 0.2) is 0 Å². The Bertz CT molecular complexity index is 1700.